The highest BCUT2D eigenvalue weighted by Crippen LogP contribution is 2.42. The summed E-state index contributed by atoms with van der Waals surface area (Å²) >= 11 is 0. The molecule has 0 bridgehead atoms. The molecule has 0 aromatic carbocycles. The lowest BCUT2D eigenvalue weighted by Gasteiger charge is -2.50. The molecule has 1 heterocycles. The molecule has 0 radical (unpaired) electrons. The van der Waals surface area contributed by atoms with Crippen molar-refractivity contribution in [2.24, 2.45) is 10.8 Å². The number of aliphatic hydroxyl groups is 1. The summed E-state index contributed by atoms with van der Waals surface area (Å²) in [6.45, 7) is 29.1. The molecule has 0 atom stereocenters. The van der Waals surface area contributed by atoms with Gasteiger partial charge in [0.2, 0.25) is 0 Å². The van der Waals surface area contributed by atoms with Crippen molar-refractivity contribution in [2.75, 3.05) is 33.9 Å². The summed E-state index contributed by atoms with van der Waals surface area (Å²) < 4.78 is 18.7. The van der Waals surface area contributed by atoms with Gasteiger partial charge in [0.25, 0.3) is 0 Å². The quantitative estimate of drug-likeness (QED) is 0.252. The van der Waals surface area contributed by atoms with Crippen molar-refractivity contribution < 1.29 is 19.3 Å². The van der Waals surface area contributed by atoms with E-state index < -0.39 is 5.60 Å². The molecule has 1 rings (SSSR count). The summed E-state index contributed by atoms with van der Waals surface area (Å²) in [6, 6.07) is 0. The zero-order chi connectivity index (χ0) is 27.6. The van der Waals surface area contributed by atoms with Crippen LogP contribution in [0.5, 0.6) is 0 Å². The third kappa shape index (κ3) is 12.7. The number of rotatable bonds is 16. The van der Waals surface area contributed by atoms with Crippen LogP contribution in [-0.4, -0.2) is 71.9 Å². The molecule has 0 saturated carbocycles. The van der Waals surface area contributed by atoms with Crippen molar-refractivity contribution in [1.82, 2.24) is 4.90 Å². The first-order valence-corrected chi connectivity index (χ1v) is 13.7. The summed E-state index contributed by atoms with van der Waals surface area (Å²) in [4.78, 5) is 2.15. The number of nitrogens with zero attached hydrogens (tertiary/aromatic N) is 1. The van der Waals surface area contributed by atoms with Gasteiger partial charge < -0.3 is 24.2 Å². The zero-order valence-corrected chi connectivity index (χ0v) is 26.0. The molecule has 0 unspecified atom stereocenters. The van der Waals surface area contributed by atoms with Crippen molar-refractivity contribution in [1.29, 1.82) is 0 Å². The molecule has 0 spiro atoms. The predicted molar refractivity (Wildman–Crippen MR) is 148 cm³/mol. The lowest BCUT2D eigenvalue weighted by Crippen LogP contribution is -2.62. The molecule has 210 valence electrons. The number of ether oxygens (including phenoxy) is 3. The van der Waals surface area contributed by atoms with Crippen molar-refractivity contribution in [3.05, 3.63) is 0 Å². The van der Waals surface area contributed by atoms with Crippen LogP contribution in [0.25, 0.3) is 0 Å². The van der Waals surface area contributed by atoms with E-state index >= 15 is 0 Å². The van der Waals surface area contributed by atoms with Gasteiger partial charge >= 0.3 is 0 Å². The summed E-state index contributed by atoms with van der Waals surface area (Å²) in [5.74, 6) is 0. The van der Waals surface area contributed by atoms with Gasteiger partial charge in [-0.25, -0.2) is 0 Å². The molecule has 1 N–H and O–H groups in total. The lowest BCUT2D eigenvalue weighted by atomic mass is 9.75. The van der Waals surface area contributed by atoms with Crippen LogP contribution < -0.4 is 0 Å². The van der Waals surface area contributed by atoms with Gasteiger partial charge in [-0.1, -0.05) is 27.7 Å². The van der Waals surface area contributed by atoms with Gasteiger partial charge in [-0.05, 0) is 105 Å². The summed E-state index contributed by atoms with van der Waals surface area (Å²) in [5, 5.41) is 10.8. The number of likely N-dealkylation sites (N-methyl/N-ethyl adjacent to an activating group) is 1. The Balaban J connectivity index is 2.66. The Morgan fingerprint density at radius 1 is 0.657 bits per heavy atom. The fourth-order valence-electron chi connectivity index (χ4n) is 7.02. The second kappa shape index (κ2) is 11.3. The highest BCUT2D eigenvalue weighted by atomic mass is 16.5. The van der Waals surface area contributed by atoms with Crippen molar-refractivity contribution in [3.8, 4) is 0 Å². The van der Waals surface area contributed by atoms with E-state index in [-0.39, 0.29) is 33.2 Å². The highest BCUT2D eigenvalue weighted by molar-refractivity contribution is 4.99. The molecule has 5 heteroatoms. The molecule has 1 aliphatic rings. The smallest absolute Gasteiger partial charge is 0.0927 e. The van der Waals surface area contributed by atoms with E-state index in [1.54, 1.807) is 7.11 Å². The minimum absolute atomic E-state index is 0.107. The molecule has 1 saturated heterocycles. The van der Waals surface area contributed by atoms with Gasteiger partial charge in [-0.2, -0.15) is 0 Å². The monoisotopic (exact) mass is 499 g/mol. The Bertz CT molecular complexity index is 657. The Labute approximate surface area is 218 Å². The van der Waals surface area contributed by atoms with Crippen LogP contribution in [0.15, 0.2) is 0 Å². The van der Waals surface area contributed by atoms with Gasteiger partial charge in [0.1, 0.15) is 0 Å². The van der Waals surface area contributed by atoms with E-state index in [4.69, 9.17) is 14.2 Å². The summed E-state index contributed by atoms with van der Waals surface area (Å²) in [5.41, 5.74) is -1.42. The Hall–Kier alpha value is -0.200. The van der Waals surface area contributed by atoms with Gasteiger partial charge in [0.15, 0.2) is 0 Å². The minimum Gasteiger partial charge on any atom is -0.387 e. The van der Waals surface area contributed by atoms with E-state index in [1.807, 2.05) is 7.05 Å². The Morgan fingerprint density at radius 3 is 1.51 bits per heavy atom. The minimum atomic E-state index is -0.629. The van der Waals surface area contributed by atoms with Crippen LogP contribution >= 0.6 is 0 Å². The maximum atomic E-state index is 10.8. The Morgan fingerprint density at radius 2 is 1.09 bits per heavy atom. The third-order valence-corrected chi connectivity index (χ3v) is 7.18. The molecule has 1 fully saturated rings. The SMILES string of the molecule is COCCC(C)(C)CC(C)(C)OC(C)(C)CCC(C)(C)CC(C)(C)OC(C)(C)CC1(O)CN(C)C1. The average Bonchev–Trinajstić information content (AvgIpc) is 2.52. The molecule has 0 aromatic rings. The van der Waals surface area contributed by atoms with Crippen LogP contribution in [-0.2, 0) is 14.2 Å². The molecule has 1 aliphatic heterocycles. The number of β-amino-alcohol motifs (C(OH)–C–C–N with tert-alkyl or cyclic N) is 1. The number of methoxy groups -OCH3 is 1. The van der Waals surface area contributed by atoms with Crippen LogP contribution in [0.2, 0.25) is 0 Å². The number of hydrogen-bond acceptors (Lipinski definition) is 5. The molecule has 0 amide bonds. The normalized spacial score (nSPS) is 18.6. The lowest BCUT2D eigenvalue weighted by molar-refractivity contribution is -0.188. The van der Waals surface area contributed by atoms with Crippen molar-refractivity contribution in [3.63, 3.8) is 0 Å². The topological polar surface area (TPSA) is 51.2 Å². The largest absolute Gasteiger partial charge is 0.387 e. The average molecular weight is 500 g/mol. The van der Waals surface area contributed by atoms with E-state index in [0.29, 0.717) is 6.42 Å². The first-order valence-electron chi connectivity index (χ1n) is 13.7. The first kappa shape index (κ1) is 32.8. The van der Waals surface area contributed by atoms with Gasteiger partial charge in [0, 0.05) is 33.2 Å². The second-order valence-corrected chi connectivity index (χ2v) is 15.7. The van der Waals surface area contributed by atoms with Crippen LogP contribution in [0.1, 0.15) is 122 Å². The third-order valence-electron chi connectivity index (χ3n) is 7.18. The molecule has 35 heavy (non-hydrogen) atoms. The summed E-state index contributed by atoms with van der Waals surface area (Å²) in [6.07, 6.45) is 5.69. The van der Waals surface area contributed by atoms with Gasteiger partial charge in [-0.15, -0.1) is 0 Å². The van der Waals surface area contributed by atoms with Crippen LogP contribution in [0.3, 0.4) is 0 Å². The maximum absolute atomic E-state index is 10.8. The van der Waals surface area contributed by atoms with E-state index in [2.05, 4.69) is 88.0 Å². The molecule has 5 nitrogen and oxygen atoms in total. The first-order chi connectivity index (χ1) is 15.4. The second-order valence-electron chi connectivity index (χ2n) is 15.7. The van der Waals surface area contributed by atoms with Crippen LogP contribution in [0.4, 0.5) is 0 Å². The number of likely N-dealkylation sites (tertiary alicyclic amines) is 1. The van der Waals surface area contributed by atoms with Gasteiger partial charge in [0.05, 0.1) is 28.0 Å². The van der Waals surface area contributed by atoms with Crippen LogP contribution in [0, 0.1) is 10.8 Å². The molecular weight excluding hydrogens is 438 g/mol. The standard InChI is InChI=1S/C30H61NO4/c1-24(2,19-28(9,10)35-29(11,12)21-30(32)22-31(13)23-30)15-16-26(5,6)34-27(7,8)20-25(3,4)17-18-33-14/h32H,15-23H2,1-14H3. The van der Waals surface area contributed by atoms with E-state index in [0.717, 1.165) is 51.8 Å². The van der Waals surface area contributed by atoms with E-state index in [1.165, 1.54) is 0 Å². The predicted octanol–water partition coefficient (Wildman–Crippen LogP) is 6.85. The fraction of sp³-hybridized carbons (Fsp3) is 1.00. The summed E-state index contributed by atoms with van der Waals surface area (Å²) in [7, 11) is 3.81. The molecule has 0 aromatic heterocycles. The zero-order valence-electron chi connectivity index (χ0n) is 26.0. The maximum Gasteiger partial charge on any atom is 0.0927 e. The molecule has 0 aliphatic carbocycles. The van der Waals surface area contributed by atoms with Crippen molar-refractivity contribution in [2.45, 2.75) is 150 Å². The highest BCUT2D eigenvalue weighted by Gasteiger charge is 2.45. The Kier molecular flexibility index (Phi) is 10.6. The fourth-order valence-corrected chi connectivity index (χ4v) is 7.02. The van der Waals surface area contributed by atoms with E-state index in [9.17, 15) is 5.11 Å². The van der Waals surface area contributed by atoms with Gasteiger partial charge in [-0.3, -0.25) is 0 Å². The number of hydrogen-bond donors (Lipinski definition) is 1. The van der Waals surface area contributed by atoms with Crippen molar-refractivity contribution >= 4 is 0 Å². The molecular formula is C30H61NO4.